The van der Waals surface area contributed by atoms with E-state index in [9.17, 15) is 19.5 Å². The molecule has 0 radical (unpaired) electrons. The molecule has 3 heterocycles. The first kappa shape index (κ1) is 19.7. The maximum Gasteiger partial charge on any atom is 0.327 e. The van der Waals surface area contributed by atoms with Gasteiger partial charge in [0.25, 0.3) is 5.91 Å². The van der Waals surface area contributed by atoms with Crippen molar-refractivity contribution in [1.29, 1.82) is 0 Å². The van der Waals surface area contributed by atoms with Gasteiger partial charge in [0.1, 0.15) is 23.7 Å². The minimum Gasteiger partial charge on any atom is -0.480 e. The summed E-state index contributed by atoms with van der Waals surface area (Å²) >= 11 is 8.41. The van der Waals surface area contributed by atoms with Crippen LogP contribution in [0, 0.1) is 0 Å². The van der Waals surface area contributed by atoms with E-state index in [1.165, 1.54) is 16.7 Å². The summed E-state index contributed by atoms with van der Waals surface area (Å²) in [5, 5.41) is 17.0. The highest BCUT2D eigenvalue weighted by atomic mass is 35.5. The van der Waals surface area contributed by atoms with E-state index in [1.807, 2.05) is 0 Å². The van der Waals surface area contributed by atoms with Crippen LogP contribution < -0.4 is 11.1 Å². The number of fused-ring (bicyclic) bond motifs is 1. The van der Waals surface area contributed by atoms with Gasteiger partial charge in [-0.3, -0.25) is 14.4 Å². The molecule has 146 valence electrons. The Morgan fingerprint density at radius 3 is 2.96 bits per heavy atom. The second-order valence-electron chi connectivity index (χ2n) is 5.82. The van der Waals surface area contributed by atoms with E-state index in [0.29, 0.717) is 0 Å². The Morgan fingerprint density at radius 2 is 2.37 bits per heavy atom. The van der Waals surface area contributed by atoms with Crippen LogP contribution >= 0.6 is 34.7 Å². The summed E-state index contributed by atoms with van der Waals surface area (Å²) in [6, 6.07) is -0.805. The number of nitrogens with zero attached hydrogens (tertiary/aromatic N) is 3. The Bertz CT molecular complexity index is 818. The van der Waals surface area contributed by atoms with Gasteiger partial charge in [-0.1, -0.05) is 5.16 Å². The molecule has 2 unspecified atom stereocenters. The normalized spacial score (nSPS) is 27.6. The smallest absolute Gasteiger partial charge is 0.327 e. The lowest BCUT2D eigenvalue weighted by Gasteiger charge is -2.52. The number of hydrogen-bond acceptors (Lipinski definition) is 9. The summed E-state index contributed by atoms with van der Waals surface area (Å²) in [6.45, 7) is 1.84. The Balaban J connectivity index is 1.71. The Hall–Kier alpha value is -2.05. The minimum absolute atomic E-state index is 0.0888. The SMILES string of the molecule is CCON=C(C(=O)NC1C(=O)N2CC(Cl)(C(=O)O)CS[C@H]12)c1csc(N)n1. The molecule has 3 rings (SSSR count). The molecule has 10 nitrogen and oxygen atoms in total. The molecular formula is C14H16ClN5O5S2. The number of carboxylic acid groups (broad SMARTS) is 1. The molecule has 2 aliphatic heterocycles. The fourth-order valence-electron chi connectivity index (χ4n) is 2.61. The van der Waals surface area contributed by atoms with Crippen LogP contribution in [0.2, 0.25) is 0 Å². The largest absolute Gasteiger partial charge is 0.480 e. The summed E-state index contributed by atoms with van der Waals surface area (Å²) < 4.78 is 0. The number of anilines is 1. The number of halogens is 1. The van der Waals surface area contributed by atoms with E-state index in [1.54, 1.807) is 12.3 Å². The Labute approximate surface area is 167 Å². The summed E-state index contributed by atoms with van der Waals surface area (Å²) in [4.78, 5) is 45.1. The summed E-state index contributed by atoms with van der Waals surface area (Å²) in [6.07, 6.45) is 0. The molecule has 0 bridgehead atoms. The number of oxime groups is 1. The third-order valence-corrected chi connectivity index (χ3v) is 6.75. The van der Waals surface area contributed by atoms with Crippen molar-refractivity contribution in [3.8, 4) is 0 Å². The first-order valence-electron chi connectivity index (χ1n) is 7.83. The molecule has 2 fully saturated rings. The third-order valence-electron chi connectivity index (χ3n) is 3.98. The molecule has 2 aliphatic rings. The predicted molar refractivity (Wildman–Crippen MR) is 101 cm³/mol. The number of aromatic nitrogens is 1. The summed E-state index contributed by atoms with van der Waals surface area (Å²) in [5.74, 6) is -2.09. The van der Waals surface area contributed by atoms with Crippen LogP contribution in [0.5, 0.6) is 0 Å². The molecular weight excluding hydrogens is 418 g/mol. The molecule has 0 aliphatic carbocycles. The number of nitrogens with two attached hydrogens (primary N) is 1. The number of carbonyl (C=O) groups excluding carboxylic acids is 2. The quantitative estimate of drug-likeness (QED) is 0.244. The van der Waals surface area contributed by atoms with E-state index < -0.39 is 28.7 Å². The number of thioether (sulfide) groups is 1. The number of alkyl halides is 1. The summed E-state index contributed by atoms with van der Waals surface area (Å²) in [7, 11) is 0. The van der Waals surface area contributed by atoms with Gasteiger partial charge in [0.15, 0.2) is 15.7 Å². The number of carboxylic acids is 1. The lowest BCUT2D eigenvalue weighted by atomic mass is 10.0. The van der Waals surface area contributed by atoms with Gasteiger partial charge in [0, 0.05) is 11.1 Å². The van der Waals surface area contributed by atoms with Crippen LogP contribution in [0.15, 0.2) is 10.5 Å². The zero-order valence-electron chi connectivity index (χ0n) is 14.0. The van der Waals surface area contributed by atoms with Crippen LogP contribution in [0.25, 0.3) is 0 Å². The fourth-order valence-corrected chi connectivity index (χ4v) is 4.86. The number of amides is 2. The highest BCUT2D eigenvalue weighted by molar-refractivity contribution is 8.00. The van der Waals surface area contributed by atoms with Crippen molar-refractivity contribution in [2.24, 2.45) is 5.16 Å². The predicted octanol–water partition coefficient (Wildman–Crippen LogP) is -0.0720. The van der Waals surface area contributed by atoms with E-state index in [4.69, 9.17) is 22.2 Å². The highest BCUT2D eigenvalue weighted by Crippen LogP contribution is 2.41. The van der Waals surface area contributed by atoms with Crippen LogP contribution in [0.4, 0.5) is 5.13 Å². The zero-order valence-corrected chi connectivity index (χ0v) is 16.4. The van der Waals surface area contributed by atoms with Crippen LogP contribution in [-0.2, 0) is 19.2 Å². The van der Waals surface area contributed by atoms with Crippen LogP contribution in [-0.4, -0.2) is 73.7 Å². The lowest BCUT2D eigenvalue weighted by molar-refractivity contribution is -0.151. The second-order valence-corrected chi connectivity index (χ2v) is 8.54. The van der Waals surface area contributed by atoms with Crippen molar-refractivity contribution in [1.82, 2.24) is 15.2 Å². The minimum atomic E-state index is -1.52. The number of aliphatic carboxylic acids is 1. The molecule has 0 spiro atoms. The Morgan fingerprint density at radius 1 is 1.63 bits per heavy atom. The number of β-lactam (4-membered cyclic amide) rings is 1. The van der Waals surface area contributed by atoms with E-state index >= 15 is 0 Å². The first-order valence-corrected chi connectivity index (χ1v) is 10.1. The molecule has 2 saturated heterocycles. The average molecular weight is 434 g/mol. The fraction of sp³-hybridized carbons (Fsp3) is 0.500. The number of carbonyl (C=O) groups is 3. The molecule has 3 atom stereocenters. The number of nitrogen functional groups attached to an aromatic ring is 1. The van der Waals surface area contributed by atoms with Gasteiger partial charge in [-0.2, -0.15) is 0 Å². The molecule has 2 amide bonds. The van der Waals surface area contributed by atoms with Gasteiger partial charge in [-0.15, -0.1) is 34.7 Å². The van der Waals surface area contributed by atoms with Crippen molar-refractivity contribution >= 4 is 63.3 Å². The van der Waals surface area contributed by atoms with Crippen LogP contribution in [0.1, 0.15) is 12.6 Å². The van der Waals surface area contributed by atoms with E-state index in [0.717, 1.165) is 11.3 Å². The number of hydrogen-bond donors (Lipinski definition) is 3. The van der Waals surface area contributed by atoms with Crippen molar-refractivity contribution in [2.45, 2.75) is 23.2 Å². The number of nitrogens with one attached hydrogen (secondary N) is 1. The van der Waals surface area contributed by atoms with Gasteiger partial charge in [-0.25, -0.2) is 4.98 Å². The van der Waals surface area contributed by atoms with Crippen molar-refractivity contribution in [3.63, 3.8) is 0 Å². The standard InChI is InChI=1S/C14H16ClN5O5S2/c1-2-25-19-7(6-3-26-13(16)17-6)9(21)18-8-10(22)20-4-14(15,12(23)24)5-27-11(8)20/h3,8,11H,2,4-5H2,1H3,(H2,16,17)(H,18,21)(H,23,24)/t8?,11-,14?/m1/s1. The maximum absolute atomic E-state index is 12.6. The molecule has 13 heteroatoms. The van der Waals surface area contributed by atoms with Gasteiger partial charge in [0.2, 0.25) is 5.91 Å². The maximum atomic E-state index is 12.6. The van der Waals surface area contributed by atoms with Crippen molar-refractivity contribution < 1.29 is 24.3 Å². The lowest BCUT2D eigenvalue weighted by Crippen LogP contribution is -2.74. The molecule has 0 aromatic carbocycles. The molecule has 27 heavy (non-hydrogen) atoms. The van der Waals surface area contributed by atoms with Gasteiger partial charge >= 0.3 is 5.97 Å². The van der Waals surface area contributed by atoms with E-state index in [2.05, 4.69) is 15.5 Å². The van der Waals surface area contributed by atoms with Gasteiger partial charge < -0.3 is 25.9 Å². The first-order chi connectivity index (χ1) is 12.8. The topological polar surface area (TPSA) is 147 Å². The monoisotopic (exact) mass is 433 g/mol. The zero-order chi connectivity index (χ0) is 19.8. The molecule has 4 N–H and O–H groups in total. The average Bonchev–Trinajstić information content (AvgIpc) is 3.06. The molecule has 1 aromatic heterocycles. The molecule has 0 saturated carbocycles. The van der Waals surface area contributed by atoms with Gasteiger partial charge in [0.05, 0.1) is 6.54 Å². The third kappa shape index (κ3) is 3.69. The Kier molecular flexibility index (Phi) is 5.49. The second kappa shape index (κ2) is 7.52. The van der Waals surface area contributed by atoms with Gasteiger partial charge in [-0.05, 0) is 6.92 Å². The molecule has 1 aromatic rings. The highest BCUT2D eigenvalue weighted by Gasteiger charge is 2.57. The van der Waals surface area contributed by atoms with Crippen molar-refractivity contribution in [2.75, 3.05) is 24.6 Å². The van der Waals surface area contributed by atoms with Crippen LogP contribution in [0.3, 0.4) is 0 Å². The number of rotatable bonds is 6. The number of thiazole rings is 1. The summed E-state index contributed by atoms with van der Waals surface area (Å²) in [5.41, 5.74) is 5.75. The van der Waals surface area contributed by atoms with Crippen molar-refractivity contribution in [3.05, 3.63) is 11.1 Å². The van der Waals surface area contributed by atoms with E-state index in [-0.39, 0.29) is 40.8 Å².